The molecule has 2 heterocycles. The quantitative estimate of drug-likeness (QED) is 0.408. The minimum atomic E-state index is -4.39. The number of hydrogen-bond acceptors (Lipinski definition) is 6. The molecule has 0 spiro atoms. The molecule has 2 aromatic heterocycles. The Balaban J connectivity index is 1.46. The number of aromatic amines is 1. The summed E-state index contributed by atoms with van der Waals surface area (Å²) < 4.78 is 48.6. The summed E-state index contributed by atoms with van der Waals surface area (Å²) in [6.45, 7) is 4.19. The third kappa shape index (κ3) is 4.53. The van der Waals surface area contributed by atoms with Crippen LogP contribution in [0.2, 0.25) is 0 Å². The van der Waals surface area contributed by atoms with Crippen LogP contribution in [0.15, 0.2) is 47.0 Å². The Hall–Kier alpha value is -3.56. The van der Waals surface area contributed by atoms with E-state index in [1.807, 2.05) is 25.2 Å². The van der Waals surface area contributed by atoms with E-state index in [1.165, 1.54) is 12.1 Å². The van der Waals surface area contributed by atoms with Crippen molar-refractivity contribution >= 4 is 17.0 Å². The summed E-state index contributed by atoms with van der Waals surface area (Å²) in [6, 6.07) is 10.4. The van der Waals surface area contributed by atoms with Gasteiger partial charge in [-0.25, -0.2) is 4.98 Å². The molecule has 10 heteroatoms. The van der Waals surface area contributed by atoms with Gasteiger partial charge in [0, 0.05) is 18.7 Å². The number of anilines is 1. The first kappa shape index (κ1) is 21.7. The molecule has 0 fully saturated rings. The largest absolute Gasteiger partial charge is 0.484 e. The van der Waals surface area contributed by atoms with Crippen molar-refractivity contribution in [2.45, 2.75) is 39.1 Å². The van der Waals surface area contributed by atoms with E-state index in [0.29, 0.717) is 11.9 Å². The van der Waals surface area contributed by atoms with Gasteiger partial charge in [-0.2, -0.15) is 18.2 Å². The molecule has 4 rings (SSSR count). The van der Waals surface area contributed by atoms with Crippen LogP contribution in [-0.2, 0) is 12.8 Å². The molecule has 0 saturated carbocycles. The lowest BCUT2D eigenvalue weighted by molar-refractivity contribution is -0.137. The molecular weight excluding hydrogens is 423 g/mol. The number of rotatable bonds is 7. The van der Waals surface area contributed by atoms with Crippen molar-refractivity contribution in [2.75, 3.05) is 11.9 Å². The highest BCUT2D eigenvalue weighted by molar-refractivity contribution is 5.82. The maximum absolute atomic E-state index is 12.6. The van der Waals surface area contributed by atoms with Crippen molar-refractivity contribution in [2.24, 2.45) is 0 Å². The number of benzene rings is 2. The smallest absolute Gasteiger partial charge is 0.416 e. The van der Waals surface area contributed by atoms with Gasteiger partial charge in [-0.05, 0) is 55.8 Å². The van der Waals surface area contributed by atoms with E-state index in [0.717, 1.165) is 41.1 Å². The zero-order chi connectivity index (χ0) is 22.9. The molecule has 0 radical (unpaired) electrons. The average molecular weight is 445 g/mol. The van der Waals surface area contributed by atoms with E-state index < -0.39 is 11.7 Å². The molecular formula is C22H22F3N5O2. The van der Waals surface area contributed by atoms with Gasteiger partial charge in [0.1, 0.15) is 5.75 Å². The molecule has 0 aliphatic carbocycles. The average Bonchev–Trinajstić information content (AvgIpc) is 3.42. The Bertz CT molecular complexity index is 1200. The number of aromatic nitrogens is 4. The summed E-state index contributed by atoms with van der Waals surface area (Å²) in [5.74, 6) is 1.64. The number of nitrogens with zero attached hydrogens (tertiary/aromatic N) is 4. The number of alkyl halides is 3. The fourth-order valence-electron chi connectivity index (χ4n) is 3.10. The Labute approximate surface area is 182 Å². The molecule has 0 aliphatic rings. The van der Waals surface area contributed by atoms with E-state index in [9.17, 15) is 13.2 Å². The highest BCUT2D eigenvalue weighted by Gasteiger charge is 2.30. The van der Waals surface area contributed by atoms with Crippen molar-refractivity contribution in [3.63, 3.8) is 0 Å². The number of H-pyrrole nitrogens is 1. The lowest BCUT2D eigenvalue weighted by Crippen LogP contribution is -2.28. The summed E-state index contributed by atoms with van der Waals surface area (Å²) in [4.78, 5) is 14.3. The van der Waals surface area contributed by atoms with Gasteiger partial charge in [0.15, 0.2) is 6.61 Å². The van der Waals surface area contributed by atoms with Crippen molar-refractivity contribution < 1.29 is 22.4 Å². The van der Waals surface area contributed by atoms with Crippen molar-refractivity contribution in [3.05, 3.63) is 53.9 Å². The van der Waals surface area contributed by atoms with Gasteiger partial charge in [0.2, 0.25) is 11.8 Å². The van der Waals surface area contributed by atoms with E-state index in [4.69, 9.17) is 9.26 Å². The fraction of sp³-hybridized carbons (Fsp3) is 0.318. The first-order chi connectivity index (χ1) is 15.2. The fourth-order valence-corrected chi connectivity index (χ4v) is 3.10. The van der Waals surface area contributed by atoms with Gasteiger partial charge in [-0.3, -0.25) is 0 Å². The standard InChI is InChI=1S/C22H22F3N5O2/c1-4-13(2)30(3)21-26-17-10-5-14(11-18(17)27-21)20-28-19(32-29-20)12-31-16-8-6-15(7-9-16)22(23,24)25/h5-11,13H,4,12H2,1-3H3,(H,26,27). The van der Waals surface area contributed by atoms with Crippen LogP contribution in [-0.4, -0.2) is 33.2 Å². The summed E-state index contributed by atoms with van der Waals surface area (Å²) in [5.41, 5.74) is 1.68. The van der Waals surface area contributed by atoms with Crippen LogP contribution in [0.4, 0.5) is 19.1 Å². The monoisotopic (exact) mass is 445 g/mol. The Kier molecular flexibility index (Phi) is 5.77. The second-order valence-electron chi connectivity index (χ2n) is 7.48. The van der Waals surface area contributed by atoms with Crippen LogP contribution < -0.4 is 9.64 Å². The van der Waals surface area contributed by atoms with E-state index in [2.05, 4.69) is 38.9 Å². The van der Waals surface area contributed by atoms with E-state index >= 15 is 0 Å². The molecule has 2 aromatic carbocycles. The molecule has 0 amide bonds. The van der Waals surface area contributed by atoms with Crippen LogP contribution in [0, 0.1) is 0 Å². The number of nitrogens with one attached hydrogen (secondary N) is 1. The van der Waals surface area contributed by atoms with Crippen LogP contribution in [0.3, 0.4) is 0 Å². The molecule has 32 heavy (non-hydrogen) atoms. The third-order valence-corrected chi connectivity index (χ3v) is 5.33. The van der Waals surface area contributed by atoms with Crippen molar-refractivity contribution in [1.82, 2.24) is 20.1 Å². The van der Waals surface area contributed by atoms with Crippen molar-refractivity contribution in [3.8, 4) is 17.1 Å². The second-order valence-corrected chi connectivity index (χ2v) is 7.48. The van der Waals surface area contributed by atoms with Gasteiger partial charge >= 0.3 is 6.18 Å². The predicted molar refractivity (Wildman–Crippen MR) is 113 cm³/mol. The van der Waals surface area contributed by atoms with Gasteiger partial charge in [0.25, 0.3) is 5.89 Å². The highest BCUT2D eigenvalue weighted by Crippen LogP contribution is 2.30. The third-order valence-electron chi connectivity index (χ3n) is 5.33. The molecule has 0 saturated heterocycles. The number of hydrogen-bond donors (Lipinski definition) is 1. The van der Waals surface area contributed by atoms with E-state index in [1.54, 1.807) is 0 Å². The van der Waals surface area contributed by atoms with Gasteiger partial charge in [0.05, 0.1) is 16.6 Å². The van der Waals surface area contributed by atoms with Crippen LogP contribution >= 0.6 is 0 Å². The molecule has 1 N–H and O–H groups in total. The summed E-state index contributed by atoms with van der Waals surface area (Å²) in [5, 5.41) is 3.98. The summed E-state index contributed by atoms with van der Waals surface area (Å²) in [6.07, 6.45) is -3.39. The Morgan fingerprint density at radius 3 is 2.56 bits per heavy atom. The van der Waals surface area contributed by atoms with Crippen LogP contribution in [0.25, 0.3) is 22.4 Å². The SMILES string of the molecule is CCC(C)N(C)c1nc2ccc(-c3noc(COc4ccc(C(F)(F)F)cc4)n3)cc2[nH]1. The number of ether oxygens (including phenoxy) is 1. The number of fused-ring (bicyclic) bond motifs is 1. The van der Waals surface area contributed by atoms with Gasteiger partial charge in [-0.15, -0.1) is 0 Å². The first-order valence-electron chi connectivity index (χ1n) is 10.1. The minimum absolute atomic E-state index is 0.0610. The molecule has 0 aliphatic heterocycles. The molecule has 168 valence electrons. The topological polar surface area (TPSA) is 80.1 Å². The van der Waals surface area contributed by atoms with Crippen LogP contribution in [0.5, 0.6) is 5.75 Å². The zero-order valence-electron chi connectivity index (χ0n) is 17.8. The minimum Gasteiger partial charge on any atom is -0.484 e. The summed E-state index contributed by atoms with van der Waals surface area (Å²) >= 11 is 0. The predicted octanol–water partition coefficient (Wildman–Crippen LogP) is 5.45. The van der Waals surface area contributed by atoms with E-state index in [-0.39, 0.29) is 18.2 Å². The van der Waals surface area contributed by atoms with Gasteiger partial charge in [-0.1, -0.05) is 12.1 Å². The maximum atomic E-state index is 12.6. The maximum Gasteiger partial charge on any atom is 0.416 e. The lowest BCUT2D eigenvalue weighted by Gasteiger charge is -2.22. The highest BCUT2D eigenvalue weighted by atomic mass is 19.4. The molecule has 0 bridgehead atoms. The normalized spacial score (nSPS) is 12.8. The summed E-state index contributed by atoms with van der Waals surface area (Å²) in [7, 11) is 1.99. The van der Waals surface area contributed by atoms with Gasteiger partial charge < -0.3 is 19.1 Å². The molecule has 1 atom stereocenters. The Morgan fingerprint density at radius 2 is 1.88 bits per heavy atom. The number of halogens is 3. The Morgan fingerprint density at radius 1 is 1.12 bits per heavy atom. The molecule has 1 unspecified atom stereocenters. The van der Waals surface area contributed by atoms with Crippen molar-refractivity contribution in [1.29, 1.82) is 0 Å². The second kappa shape index (κ2) is 8.52. The number of imidazole rings is 1. The first-order valence-corrected chi connectivity index (χ1v) is 10.1. The lowest BCUT2D eigenvalue weighted by atomic mass is 10.2. The van der Waals surface area contributed by atoms with Crippen LogP contribution in [0.1, 0.15) is 31.7 Å². The zero-order valence-corrected chi connectivity index (χ0v) is 17.8. The molecule has 4 aromatic rings. The molecule has 7 nitrogen and oxygen atoms in total.